The van der Waals surface area contributed by atoms with Crippen LogP contribution < -0.4 is 5.73 Å². The Hall–Kier alpha value is -1.87. The first kappa shape index (κ1) is 14.5. The second-order valence-electron chi connectivity index (χ2n) is 5.00. The monoisotopic (exact) mass is 291 g/mol. The number of anilines is 1. The van der Waals surface area contributed by atoms with Gasteiger partial charge in [0.2, 0.25) is 5.24 Å². The number of rotatable bonds is 4. The van der Waals surface area contributed by atoms with Crippen molar-refractivity contribution in [1.29, 1.82) is 0 Å². The maximum Gasteiger partial charge on any atom is 0.232 e. The minimum Gasteiger partial charge on any atom is -0.398 e. The quantitative estimate of drug-likeness (QED) is 0.690. The van der Waals surface area contributed by atoms with Crippen LogP contribution in [0.3, 0.4) is 0 Å². The highest BCUT2D eigenvalue weighted by Crippen LogP contribution is 2.34. The third kappa shape index (κ3) is 2.83. The summed E-state index contributed by atoms with van der Waals surface area (Å²) in [6, 6.07) is 13.4. The number of halogens is 2. The van der Waals surface area contributed by atoms with Crippen molar-refractivity contribution in [1.82, 2.24) is 0 Å². The van der Waals surface area contributed by atoms with E-state index in [0.717, 1.165) is 5.56 Å². The molecule has 0 aliphatic rings. The Labute approximate surface area is 122 Å². The second-order valence-corrected chi connectivity index (χ2v) is 5.34. The third-order valence-corrected chi connectivity index (χ3v) is 3.86. The number of nitrogen functional groups attached to an aromatic ring is 1. The molecule has 0 spiro atoms. The normalized spacial score (nSPS) is 13.8. The zero-order valence-corrected chi connectivity index (χ0v) is 11.8. The minimum atomic E-state index is -1.06. The molecule has 0 aliphatic carbocycles. The molecule has 0 radical (unpaired) electrons. The van der Waals surface area contributed by atoms with E-state index >= 15 is 0 Å². The molecule has 0 fully saturated rings. The SMILES string of the molecule is CC(Cc1ccccc1)(C(=O)Cl)c1cc(F)ccc1N. The van der Waals surface area contributed by atoms with Gasteiger partial charge in [-0.1, -0.05) is 30.3 Å². The van der Waals surface area contributed by atoms with Gasteiger partial charge in [-0.2, -0.15) is 0 Å². The van der Waals surface area contributed by atoms with Gasteiger partial charge in [0.15, 0.2) is 0 Å². The number of hydrogen-bond acceptors (Lipinski definition) is 2. The third-order valence-electron chi connectivity index (χ3n) is 3.44. The Kier molecular flexibility index (Phi) is 4.09. The highest BCUT2D eigenvalue weighted by Gasteiger charge is 2.36. The molecule has 0 aliphatic heterocycles. The minimum absolute atomic E-state index is 0.360. The molecule has 0 bridgehead atoms. The lowest BCUT2D eigenvalue weighted by atomic mass is 9.77. The van der Waals surface area contributed by atoms with Gasteiger partial charge >= 0.3 is 0 Å². The van der Waals surface area contributed by atoms with Crippen molar-refractivity contribution in [3.05, 3.63) is 65.5 Å². The van der Waals surface area contributed by atoms with Crippen molar-refractivity contribution in [3.8, 4) is 0 Å². The van der Waals surface area contributed by atoms with E-state index in [0.29, 0.717) is 17.7 Å². The zero-order valence-electron chi connectivity index (χ0n) is 11.1. The van der Waals surface area contributed by atoms with Crippen LogP contribution in [0.4, 0.5) is 10.1 Å². The Morgan fingerprint density at radius 3 is 2.50 bits per heavy atom. The Morgan fingerprint density at radius 2 is 1.90 bits per heavy atom. The van der Waals surface area contributed by atoms with E-state index in [9.17, 15) is 9.18 Å². The van der Waals surface area contributed by atoms with Crippen molar-refractivity contribution in [2.24, 2.45) is 0 Å². The fourth-order valence-electron chi connectivity index (χ4n) is 2.28. The average molecular weight is 292 g/mol. The first-order chi connectivity index (χ1) is 9.43. The summed E-state index contributed by atoms with van der Waals surface area (Å²) >= 11 is 5.78. The number of benzene rings is 2. The summed E-state index contributed by atoms with van der Waals surface area (Å²) in [6.07, 6.45) is 0.365. The molecule has 2 aromatic rings. The Bertz CT molecular complexity index is 630. The summed E-state index contributed by atoms with van der Waals surface area (Å²) < 4.78 is 13.5. The maximum atomic E-state index is 13.5. The largest absolute Gasteiger partial charge is 0.398 e. The first-order valence-corrected chi connectivity index (χ1v) is 6.60. The molecule has 104 valence electrons. The molecule has 0 heterocycles. The van der Waals surface area contributed by atoms with Crippen LogP contribution in [0.1, 0.15) is 18.1 Å². The molecule has 4 heteroatoms. The average Bonchev–Trinajstić information content (AvgIpc) is 2.42. The Balaban J connectivity index is 2.49. The van der Waals surface area contributed by atoms with Crippen molar-refractivity contribution in [2.45, 2.75) is 18.8 Å². The summed E-state index contributed by atoms with van der Waals surface area (Å²) in [5, 5.41) is -0.557. The molecular formula is C16H15ClFNO. The molecule has 2 N–H and O–H groups in total. The van der Waals surface area contributed by atoms with E-state index in [1.54, 1.807) is 6.92 Å². The maximum absolute atomic E-state index is 13.5. The van der Waals surface area contributed by atoms with E-state index in [2.05, 4.69) is 0 Å². The lowest BCUT2D eigenvalue weighted by molar-refractivity contribution is -0.116. The number of carbonyl (C=O) groups is 1. The molecule has 2 rings (SSSR count). The highest BCUT2D eigenvalue weighted by atomic mass is 35.5. The summed E-state index contributed by atoms with van der Waals surface area (Å²) in [5.74, 6) is -0.439. The predicted octanol–water partition coefficient (Wildman–Crippen LogP) is 3.67. The van der Waals surface area contributed by atoms with E-state index < -0.39 is 16.5 Å². The number of nitrogens with two attached hydrogens (primary N) is 1. The fourth-order valence-corrected chi connectivity index (χ4v) is 2.45. The van der Waals surface area contributed by atoms with Crippen LogP contribution in [-0.4, -0.2) is 5.24 Å². The van der Waals surface area contributed by atoms with Crippen molar-refractivity contribution in [3.63, 3.8) is 0 Å². The van der Waals surface area contributed by atoms with Crippen LogP contribution >= 0.6 is 11.6 Å². The molecule has 20 heavy (non-hydrogen) atoms. The summed E-state index contributed by atoms with van der Waals surface area (Å²) in [6.45, 7) is 1.68. The zero-order chi connectivity index (χ0) is 14.8. The van der Waals surface area contributed by atoms with E-state index in [1.165, 1.54) is 18.2 Å². The van der Waals surface area contributed by atoms with Crippen LogP contribution in [0.25, 0.3) is 0 Å². The molecule has 0 saturated heterocycles. The van der Waals surface area contributed by atoms with E-state index in [-0.39, 0.29) is 0 Å². The van der Waals surface area contributed by atoms with Gasteiger partial charge in [0.1, 0.15) is 5.82 Å². The van der Waals surface area contributed by atoms with Crippen LogP contribution in [0.2, 0.25) is 0 Å². The predicted molar refractivity (Wildman–Crippen MR) is 79.2 cm³/mol. The Morgan fingerprint density at radius 1 is 1.25 bits per heavy atom. The number of carbonyl (C=O) groups excluding carboxylic acids is 1. The van der Waals surface area contributed by atoms with E-state index in [1.807, 2.05) is 30.3 Å². The second kappa shape index (κ2) is 5.63. The van der Waals surface area contributed by atoms with Gasteiger partial charge < -0.3 is 5.73 Å². The van der Waals surface area contributed by atoms with Crippen molar-refractivity contribution < 1.29 is 9.18 Å². The van der Waals surface area contributed by atoms with Crippen molar-refractivity contribution >= 4 is 22.5 Å². The van der Waals surface area contributed by atoms with Gasteiger partial charge in [0.25, 0.3) is 0 Å². The molecule has 0 saturated carbocycles. The molecule has 2 aromatic carbocycles. The standard InChI is InChI=1S/C16H15ClFNO/c1-16(15(17)20,10-11-5-3-2-4-6-11)13-9-12(18)7-8-14(13)19/h2-9H,10,19H2,1H3. The van der Waals surface area contributed by atoms with Crippen LogP contribution in [-0.2, 0) is 16.6 Å². The van der Waals surface area contributed by atoms with Gasteiger partial charge in [-0.3, -0.25) is 4.79 Å². The van der Waals surface area contributed by atoms with Crippen LogP contribution in [0, 0.1) is 5.82 Å². The molecule has 0 amide bonds. The molecule has 1 atom stereocenters. The van der Waals surface area contributed by atoms with Crippen LogP contribution in [0.15, 0.2) is 48.5 Å². The topological polar surface area (TPSA) is 43.1 Å². The molecular weight excluding hydrogens is 277 g/mol. The van der Waals surface area contributed by atoms with Crippen LogP contribution in [0.5, 0.6) is 0 Å². The van der Waals surface area contributed by atoms with Gasteiger partial charge in [0, 0.05) is 5.69 Å². The fraction of sp³-hybridized carbons (Fsp3) is 0.188. The smallest absolute Gasteiger partial charge is 0.232 e. The lowest BCUT2D eigenvalue weighted by Gasteiger charge is -2.27. The van der Waals surface area contributed by atoms with Gasteiger partial charge in [-0.15, -0.1) is 0 Å². The molecule has 2 nitrogen and oxygen atoms in total. The lowest BCUT2D eigenvalue weighted by Crippen LogP contribution is -2.33. The first-order valence-electron chi connectivity index (χ1n) is 6.23. The van der Waals surface area contributed by atoms with Gasteiger partial charge in [-0.25, -0.2) is 4.39 Å². The molecule has 1 unspecified atom stereocenters. The summed E-state index contributed by atoms with van der Waals surface area (Å²) in [5.41, 5.74) is 6.54. The van der Waals surface area contributed by atoms with Gasteiger partial charge in [-0.05, 0) is 54.3 Å². The summed E-state index contributed by atoms with van der Waals surface area (Å²) in [4.78, 5) is 11.9. The van der Waals surface area contributed by atoms with Crippen molar-refractivity contribution in [2.75, 3.05) is 5.73 Å². The molecule has 0 aromatic heterocycles. The number of hydrogen-bond donors (Lipinski definition) is 1. The summed E-state index contributed by atoms with van der Waals surface area (Å²) in [7, 11) is 0. The highest BCUT2D eigenvalue weighted by molar-refractivity contribution is 6.65. The van der Waals surface area contributed by atoms with Gasteiger partial charge in [0.05, 0.1) is 5.41 Å². The van der Waals surface area contributed by atoms with E-state index in [4.69, 9.17) is 17.3 Å².